The second-order valence-electron chi connectivity index (χ2n) is 4.70. The fourth-order valence-corrected chi connectivity index (χ4v) is 2.74. The van der Waals surface area contributed by atoms with Crippen LogP contribution in [0, 0.1) is 19.3 Å². The highest BCUT2D eigenvalue weighted by atomic mass is 32.1. The van der Waals surface area contributed by atoms with E-state index in [1.165, 1.54) is 4.88 Å². The molecule has 2 heterocycles. The number of amidine groups is 1. The van der Waals surface area contributed by atoms with E-state index in [9.17, 15) is 0 Å². The predicted molar refractivity (Wildman–Crippen MR) is 83.4 cm³/mol. The first kappa shape index (κ1) is 14.5. The molecule has 0 bridgehead atoms. The summed E-state index contributed by atoms with van der Waals surface area (Å²) < 4.78 is 0. The highest BCUT2D eigenvalue weighted by molar-refractivity contribution is 7.15. The summed E-state index contributed by atoms with van der Waals surface area (Å²) in [6.07, 6.45) is 4.16. The minimum Gasteiger partial charge on any atom is -0.388 e. The molecule has 5 nitrogen and oxygen atoms in total. The molecule has 0 saturated heterocycles. The molecule has 106 valence electrons. The van der Waals surface area contributed by atoms with Crippen LogP contribution in [0.3, 0.4) is 0 Å². The molecule has 0 spiro atoms. The van der Waals surface area contributed by atoms with Gasteiger partial charge in [-0.25, -0.2) is 4.98 Å². The van der Waals surface area contributed by atoms with Crippen LogP contribution in [0.15, 0.2) is 24.5 Å². The molecule has 2 rings (SSSR count). The average Bonchev–Trinajstić information content (AvgIpc) is 2.75. The Morgan fingerprint density at radius 3 is 2.80 bits per heavy atom. The van der Waals surface area contributed by atoms with Crippen LogP contribution in [0.25, 0.3) is 0 Å². The first-order valence-electron chi connectivity index (χ1n) is 6.47. The maximum Gasteiger partial charge on any atom is 0.186 e. The van der Waals surface area contributed by atoms with Gasteiger partial charge in [-0.15, -0.1) is 11.3 Å². The zero-order valence-corrected chi connectivity index (χ0v) is 12.6. The zero-order valence-electron chi connectivity index (χ0n) is 11.8. The van der Waals surface area contributed by atoms with Gasteiger partial charge in [-0.1, -0.05) is 6.07 Å². The van der Waals surface area contributed by atoms with Crippen molar-refractivity contribution in [2.24, 2.45) is 5.73 Å². The van der Waals surface area contributed by atoms with Crippen LogP contribution in [0.4, 0.5) is 5.13 Å². The standard InChI is InChI=1S/C14H19N5S/c1-10-11(2)20-14(18-10)19(7-5-13(15)16)9-12-4-3-6-17-8-12/h3-4,6,8H,5,7,9H2,1-2H3,(H3,15,16). The lowest BCUT2D eigenvalue weighted by Gasteiger charge is -2.21. The van der Waals surface area contributed by atoms with Crippen molar-refractivity contribution in [2.45, 2.75) is 26.8 Å². The van der Waals surface area contributed by atoms with Crippen molar-refractivity contribution in [1.29, 1.82) is 5.41 Å². The van der Waals surface area contributed by atoms with E-state index in [1.54, 1.807) is 17.5 Å². The van der Waals surface area contributed by atoms with Crippen LogP contribution in [0.1, 0.15) is 22.6 Å². The third-order valence-electron chi connectivity index (χ3n) is 3.04. The number of thiazole rings is 1. The van der Waals surface area contributed by atoms with Crippen molar-refractivity contribution in [3.05, 3.63) is 40.7 Å². The Morgan fingerprint density at radius 1 is 1.45 bits per heavy atom. The zero-order chi connectivity index (χ0) is 14.5. The number of anilines is 1. The molecule has 0 atom stereocenters. The molecule has 2 aromatic rings. The van der Waals surface area contributed by atoms with Gasteiger partial charge in [0.05, 0.1) is 11.5 Å². The molecule has 2 aromatic heterocycles. The monoisotopic (exact) mass is 289 g/mol. The van der Waals surface area contributed by atoms with Gasteiger partial charge in [0.25, 0.3) is 0 Å². The Kier molecular flexibility index (Phi) is 4.68. The SMILES string of the molecule is Cc1nc(N(CCC(=N)N)Cc2cccnc2)sc1C. The van der Waals surface area contributed by atoms with E-state index in [-0.39, 0.29) is 5.84 Å². The number of hydrogen-bond donors (Lipinski definition) is 2. The predicted octanol–water partition coefficient (Wildman–Crippen LogP) is 2.49. The molecule has 0 aliphatic carbocycles. The summed E-state index contributed by atoms with van der Waals surface area (Å²) in [6.45, 7) is 5.51. The Hall–Kier alpha value is -1.95. The summed E-state index contributed by atoms with van der Waals surface area (Å²) in [7, 11) is 0. The van der Waals surface area contributed by atoms with E-state index < -0.39 is 0 Å². The van der Waals surface area contributed by atoms with E-state index >= 15 is 0 Å². The number of nitrogens with two attached hydrogens (primary N) is 1. The van der Waals surface area contributed by atoms with Gasteiger partial charge in [0.15, 0.2) is 5.13 Å². The summed E-state index contributed by atoms with van der Waals surface area (Å²) in [5, 5.41) is 8.38. The van der Waals surface area contributed by atoms with Crippen molar-refractivity contribution >= 4 is 22.3 Å². The van der Waals surface area contributed by atoms with Crippen LogP contribution in [-0.4, -0.2) is 22.3 Å². The smallest absolute Gasteiger partial charge is 0.186 e. The Balaban J connectivity index is 2.17. The van der Waals surface area contributed by atoms with Gasteiger partial charge in [-0.2, -0.15) is 0 Å². The van der Waals surface area contributed by atoms with E-state index in [0.29, 0.717) is 13.0 Å². The molecular formula is C14H19N5S. The molecule has 0 saturated carbocycles. The molecule has 0 radical (unpaired) electrons. The molecule has 0 aliphatic heterocycles. The second-order valence-corrected chi connectivity index (χ2v) is 5.88. The third kappa shape index (κ3) is 3.77. The first-order chi connectivity index (χ1) is 9.56. The second kappa shape index (κ2) is 6.47. The van der Waals surface area contributed by atoms with Crippen LogP contribution in [-0.2, 0) is 6.54 Å². The van der Waals surface area contributed by atoms with Gasteiger partial charge in [-0.05, 0) is 25.5 Å². The van der Waals surface area contributed by atoms with Gasteiger partial charge in [0, 0.05) is 36.8 Å². The van der Waals surface area contributed by atoms with Crippen molar-refractivity contribution in [1.82, 2.24) is 9.97 Å². The number of pyridine rings is 1. The van der Waals surface area contributed by atoms with Crippen molar-refractivity contribution in [2.75, 3.05) is 11.4 Å². The van der Waals surface area contributed by atoms with Gasteiger partial charge in [-0.3, -0.25) is 10.4 Å². The van der Waals surface area contributed by atoms with E-state index in [2.05, 4.69) is 21.8 Å². The maximum absolute atomic E-state index is 7.40. The van der Waals surface area contributed by atoms with Crippen molar-refractivity contribution in [3.63, 3.8) is 0 Å². The van der Waals surface area contributed by atoms with Gasteiger partial charge in [0.1, 0.15) is 0 Å². The topological polar surface area (TPSA) is 78.9 Å². The molecule has 20 heavy (non-hydrogen) atoms. The minimum absolute atomic E-state index is 0.200. The number of nitrogens with zero attached hydrogens (tertiary/aromatic N) is 3. The number of hydrogen-bond acceptors (Lipinski definition) is 5. The number of rotatable bonds is 6. The van der Waals surface area contributed by atoms with Crippen LogP contribution < -0.4 is 10.6 Å². The van der Waals surface area contributed by atoms with Gasteiger partial charge >= 0.3 is 0 Å². The molecule has 0 fully saturated rings. The van der Waals surface area contributed by atoms with Gasteiger partial charge < -0.3 is 10.6 Å². The maximum atomic E-state index is 7.40. The molecule has 3 N–H and O–H groups in total. The molecule has 0 unspecified atom stereocenters. The summed E-state index contributed by atoms with van der Waals surface area (Å²) in [5.41, 5.74) is 7.66. The fraction of sp³-hybridized carbons (Fsp3) is 0.357. The number of aromatic nitrogens is 2. The largest absolute Gasteiger partial charge is 0.388 e. The van der Waals surface area contributed by atoms with Gasteiger partial charge in [0.2, 0.25) is 0 Å². The summed E-state index contributed by atoms with van der Waals surface area (Å²) in [4.78, 5) is 12.1. The van der Waals surface area contributed by atoms with E-state index in [1.807, 2.05) is 25.3 Å². The van der Waals surface area contributed by atoms with Crippen molar-refractivity contribution < 1.29 is 0 Å². The highest BCUT2D eigenvalue weighted by Crippen LogP contribution is 2.26. The lowest BCUT2D eigenvalue weighted by atomic mass is 10.2. The summed E-state index contributed by atoms with van der Waals surface area (Å²) in [5.74, 6) is 0.200. The number of aryl methyl sites for hydroxylation is 2. The lowest BCUT2D eigenvalue weighted by molar-refractivity contribution is 0.793. The Morgan fingerprint density at radius 2 is 2.25 bits per heavy atom. The summed E-state index contributed by atoms with van der Waals surface area (Å²) in [6, 6.07) is 3.97. The molecular weight excluding hydrogens is 270 g/mol. The third-order valence-corrected chi connectivity index (χ3v) is 4.17. The summed E-state index contributed by atoms with van der Waals surface area (Å²) >= 11 is 1.68. The fourth-order valence-electron chi connectivity index (χ4n) is 1.80. The first-order valence-corrected chi connectivity index (χ1v) is 7.28. The van der Waals surface area contributed by atoms with Crippen molar-refractivity contribution in [3.8, 4) is 0 Å². The van der Waals surface area contributed by atoms with Crippen LogP contribution in [0.2, 0.25) is 0 Å². The quantitative estimate of drug-likeness (QED) is 0.632. The molecule has 0 amide bonds. The number of nitrogens with one attached hydrogen (secondary N) is 1. The Labute approximate surface area is 123 Å². The van der Waals surface area contributed by atoms with E-state index in [0.717, 1.165) is 22.9 Å². The minimum atomic E-state index is 0.200. The Bertz CT molecular complexity index is 559. The van der Waals surface area contributed by atoms with E-state index in [4.69, 9.17) is 11.1 Å². The molecule has 0 aliphatic rings. The lowest BCUT2D eigenvalue weighted by Crippen LogP contribution is -2.27. The van der Waals surface area contributed by atoms with Crippen LogP contribution >= 0.6 is 11.3 Å². The molecule has 6 heteroatoms. The molecule has 0 aromatic carbocycles. The highest BCUT2D eigenvalue weighted by Gasteiger charge is 2.13. The normalized spacial score (nSPS) is 10.5. The van der Waals surface area contributed by atoms with Crippen LogP contribution in [0.5, 0.6) is 0 Å². The average molecular weight is 289 g/mol.